The molecule has 0 saturated heterocycles. The van der Waals surface area contributed by atoms with Gasteiger partial charge >= 0.3 is 0 Å². The van der Waals surface area contributed by atoms with Crippen LogP contribution in [0.2, 0.25) is 0 Å². The van der Waals surface area contributed by atoms with Gasteiger partial charge < -0.3 is 16.0 Å². The highest BCUT2D eigenvalue weighted by Crippen LogP contribution is 2.30. The number of anilines is 3. The Morgan fingerprint density at radius 2 is 1.64 bits per heavy atom. The van der Waals surface area contributed by atoms with Crippen LogP contribution in [0.4, 0.5) is 25.8 Å². The third-order valence-corrected chi connectivity index (χ3v) is 3.76. The fourth-order valence-electron chi connectivity index (χ4n) is 2.23. The quantitative estimate of drug-likeness (QED) is 0.752. The van der Waals surface area contributed by atoms with Crippen molar-refractivity contribution in [3.05, 3.63) is 54.1 Å². The Kier molecular flexibility index (Phi) is 4.92. The molecule has 0 bridgehead atoms. The Labute approximate surface area is 143 Å². The van der Waals surface area contributed by atoms with E-state index < -0.39 is 17.5 Å². The minimum absolute atomic E-state index is 0.0252. The van der Waals surface area contributed by atoms with Crippen molar-refractivity contribution in [3.63, 3.8) is 0 Å². The topological polar surface area (TPSA) is 70.2 Å². The van der Waals surface area contributed by atoms with Gasteiger partial charge in [-0.2, -0.15) is 0 Å². The molecule has 3 rings (SSSR count). The van der Waals surface area contributed by atoms with E-state index in [2.05, 4.69) is 16.0 Å². The maximum Gasteiger partial charge on any atom is 0.243 e. The van der Waals surface area contributed by atoms with Crippen molar-refractivity contribution in [3.8, 4) is 0 Å². The number of carbonyl (C=O) groups is 2. The number of benzene rings is 2. The lowest BCUT2D eigenvalue weighted by molar-refractivity contribution is -0.117. The standard InChI is InChI=1S/C18H17F2N3O2/c19-12-3-8-15(20)16(9-12)23-17(24)10-21-13-4-6-14(7-5-13)22-18(25)11-1-2-11/h3-9,11,21H,1-2,10H2,(H,22,25)(H,23,24). The molecule has 0 radical (unpaired) electrons. The first-order valence-corrected chi connectivity index (χ1v) is 7.91. The molecule has 130 valence electrons. The Morgan fingerprint density at radius 1 is 0.960 bits per heavy atom. The number of hydrogen-bond acceptors (Lipinski definition) is 3. The van der Waals surface area contributed by atoms with E-state index in [0.29, 0.717) is 11.4 Å². The van der Waals surface area contributed by atoms with Crippen molar-refractivity contribution in [2.45, 2.75) is 12.8 Å². The van der Waals surface area contributed by atoms with E-state index >= 15 is 0 Å². The van der Waals surface area contributed by atoms with Gasteiger partial charge in [-0.25, -0.2) is 8.78 Å². The molecule has 1 saturated carbocycles. The number of rotatable bonds is 6. The summed E-state index contributed by atoms with van der Waals surface area (Å²) < 4.78 is 26.5. The molecule has 2 amide bonds. The molecule has 7 heteroatoms. The van der Waals surface area contributed by atoms with Gasteiger partial charge in [0.25, 0.3) is 0 Å². The number of carbonyl (C=O) groups excluding carboxylic acids is 2. The summed E-state index contributed by atoms with van der Waals surface area (Å²) in [5.41, 5.74) is 1.15. The van der Waals surface area contributed by atoms with Crippen LogP contribution < -0.4 is 16.0 Å². The van der Waals surface area contributed by atoms with Crippen molar-refractivity contribution in [2.75, 3.05) is 22.5 Å². The van der Waals surface area contributed by atoms with E-state index in [4.69, 9.17) is 0 Å². The zero-order valence-corrected chi connectivity index (χ0v) is 13.3. The SMILES string of the molecule is O=C(CNc1ccc(NC(=O)C2CC2)cc1)Nc1cc(F)ccc1F. The second-order valence-corrected chi connectivity index (χ2v) is 5.87. The molecule has 2 aromatic carbocycles. The van der Waals surface area contributed by atoms with Crippen molar-refractivity contribution in [1.82, 2.24) is 0 Å². The van der Waals surface area contributed by atoms with Crippen LogP contribution in [0.25, 0.3) is 0 Å². The van der Waals surface area contributed by atoms with Crippen LogP contribution >= 0.6 is 0 Å². The normalized spacial score (nSPS) is 13.2. The van der Waals surface area contributed by atoms with Crippen LogP contribution in [-0.2, 0) is 9.59 Å². The Hall–Kier alpha value is -2.96. The van der Waals surface area contributed by atoms with Crippen molar-refractivity contribution >= 4 is 28.9 Å². The van der Waals surface area contributed by atoms with E-state index in [0.717, 1.165) is 31.0 Å². The molecule has 5 nitrogen and oxygen atoms in total. The van der Waals surface area contributed by atoms with Crippen LogP contribution in [0.5, 0.6) is 0 Å². The average molecular weight is 345 g/mol. The van der Waals surface area contributed by atoms with Gasteiger partial charge in [0, 0.05) is 23.4 Å². The van der Waals surface area contributed by atoms with Gasteiger partial charge in [0.2, 0.25) is 11.8 Å². The Bertz CT molecular complexity index is 789. The van der Waals surface area contributed by atoms with Gasteiger partial charge in [-0.3, -0.25) is 9.59 Å². The molecular formula is C18H17F2N3O2. The largest absolute Gasteiger partial charge is 0.376 e. The number of nitrogens with one attached hydrogen (secondary N) is 3. The van der Waals surface area contributed by atoms with E-state index in [9.17, 15) is 18.4 Å². The van der Waals surface area contributed by atoms with Gasteiger partial charge in [-0.1, -0.05) is 0 Å². The Morgan fingerprint density at radius 3 is 2.32 bits per heavy atom. The predicted molar refractivity (Wildman–Crippen MR) is 91.3 cm³/mol. The van der Waals surface area contributed by atoms with E-state index in [1.807, 2.05) is 0 Å². The fourth-order valence-corrected chi connectivity index (χ4v) is 2.23. The summed E-state index contributed by atoms with van der Waals surface area (Å²) >= 11 is 0. The predicted octanol–water partition coefficient (Wildman–Crippen LogP) is 3.36. The molecule has 25 heavy (non-hydrogen) atoms. The number of hydrogen-bond donors (Lipinski definition) is 3. The first-order valence-electron chi connectivity index (χ1n) is 7.91. The molecule has 0 aromatic heterocycles. The number of halogens is 2. The molecule has 2 aromatic rings. The first-order chi connectivity index (χ1) is 12.0. The van der Waals surface area contributed by atoms with Gasteiger partial charge in [-0.15, -0.1) is 0 Å². The summed E-state index contributed by atoms with van der Waals surface area (Å²) in [7, 11) is 0. The highest BCUT2D eigenvalue weighted by molar-refractivity contribution is 5.95. The molecule has 0 unspecified atom stereocenters. The summed E-state index contributed by atoms with van der Waals surface area (Å²) in [6.45, 7) is -0.107. The zero-order valence-electron chi connectivity index (χ0n) is 13.3. The van der Waals surface area contributed by atoms with Gasteiger partial charge in [0.15, 0.2) is 0 Å². The third kappa shape index (κ3) is 4.76. The third-order valence-electron chi connectivity index (χ3n) is 3.76. The summed E-state index contributed by atoms with van der Waals surface area (Å²) in [4.78, 5) is 23.5. The smallest absolute Gasteiger partial charge is 0.243 e. The second-order valence-electron chi connectivity index (χ2n) is 5.87. The van der Waals surface area contributed by atoms with Crippen molar-refractivity contribution < 1.29 is 18.4 Å². The Balaban J connectivity index is 1.49. The molecule has 1 fully saturated rings. The van der Waals surface area contributed by atoms with Gasteiger partial charge in [0.05, 0.1) is 12.2 Å². The van der Waals surface area contributed by atoms with Crippen LogP contribution in [-0.4, -0.2) is 18.4 Å². The van der Waals surface area contributed by atoms with Crippen molar-refractivity contribution in [1.29, 1.82) is 0 Å². The van der Waals surface area contributed by atoms with Gasteiger partial charge in [0.1, 0.15) is 11.6 Å². The van der Waals surface area contributed by atoms with E-state index in [-0.39, 0.29) is 24.1 Å². The van der Waals surface area contributed by atoms with Crippen molar-refractivity contribution in [2.24, 2.45) is 5.92 Å². The lowest BCUT2D eigenvalue weighted by Crippen LogP contribution is -2.22. The second kappa shape index (κ2) is 7.29. The van der Waals surface area contributed by atoms with Crippen LogP contribution in [0.1, 0.15) is 12.8 Å². The minimum Gasteiger partial charge on any atom is -0.376 e. The zero-order chi connectivity index (χ0) is 17.8. The van der Waals surface area contributed by atoms with E-state index in [1.54, 1.807) is 24.3 Å². The molecule has 0 spiro atoms. The first kappa shape index (κ1) is 16.9. The molecule has 0 atom stereocenters. The average Bonchev–Trinajstić information content (AvgIpc) is 3.43. The van der Waals surface area contributed by atoms with E-state index in [1.165, 1.54) is 0 Å². The number of amides is 2. The monoisotopic (exact) mass is 345 g/mol. The highest BCUT2D eigenvalue weighted by atomic mass is 19.1. The van der Waals surface area contributed by atoms with Crippen LogP contribution in [0.15, 0.2) is 42.5 Å². The lowest BCUT2D eigenvalue weighted by Gasteiger charge is -2.10. The highest BCUT2D eigenvalue weighted by Gasteiger charge is 2.29. The minimum atomic E-state index is -0.703. The van der Waals surface area contributed by atoms with Crippen LogP contribution in [0.3, 0.4) is 0 Å². The molecule has 3 N–H and O–H groups in total. The summed E-state index contributed by atoms with van der Waals surface area (Å²) in [6.07, 6.45) is 1.87. The fraction of sp³-hybridized carbons (Fsp3) is 0.222. The maximum atomic E-state index is 13.5. The molecule has 0 aliphatic heterocycles. The molecule has 0 heterocycles. The maximum absolute atomic E-state index is 13.5. The summed E-state index contributed by atoms with van der Waals surface area (Å²) in [5, 5.41) is 8.00. The summed E-state index contributed by atoms with van der Waals surface area (Å²) in [6, 6.07) is 9.75. The van der Waals surface area contributed by atoms with Gasteiger partial charge in [-0.05, 0) is 49.2 Å². The molecular weight excluding hydrogens is 328 g/mol. The molecule has 1 aliphatic rings. The molecule has 1 aliphatic carbocycles. The lowest BCUT2D eigenvalue weighted by atomic mass is 10.2. The summed E-state index contributed by atoms with van der Waals surface area (Å²) in [5.74, 6) is -1.68. The van der Waals surface area contributed by atoms with Crippen LogP contribution in [0, 0.1) is 17.6 Å².